The van der Waals surface area contributed by atoms with Gasteiger partial charge in [0.25, 0.3) is 5.69 Å². The van der Waals surface area contributed by atoms with E-state index >= 15 is 0 Å². The van der Waals surface area contributed by atoms with Gasteiger partial charge in [0.2, 0.25) is 0 Å². The molecule has 2 rings (SSSR count). The SMILES string of the molecule is Cc1cc([N+](=O)[O-])ccc1C(=O)c1ccccc1. The van der Waals surface area contributed by atoms with Gasteiger partial charge in [0.15, 0.2) is 5.78 Å². The Morgan fingerprint density at radius 3 is 2.33 bits per heavy atom. The summed E-state index contributed by atoms with van der Waals surface area (Å²) in [6.07, 6.45) is 0. The number of rotatable bonds is 3. The Balaban J connectivity index is 2.41. The molecule has 0 radical (unpaired) electrons. The Morgan fingerprint density at radius 1 is 1.11 bits per heavy atom. The van der Waals surface area contributed by atoms with Crippen molar-refractivity contribution in [2.75, 3.05) is 0 Å². The number of nitro benzene ring substituents is 1. The number of hydrogen-bond acceptors (Lipinski definition) is 3. The number of benzene rings is 2. The lowest BCUT2D eigenvalue weighted by molar-refractivity contribution is -0.384. The van der Waals surface area contributed by atoms with Crippen LogP contribution in [0, 0.1) is 17.0 Å². The zero-order chi connectivity index (χ0) is 13.1. The molecule has 0 aromatic heterocycles. The average molecular weight is 241 g/mol. The lowest BCUT2D eigenvalue weighted by Gasteiger charge is -2.04. The molecule has 0 saturated carbocycles. The van der Waals surface area contributed by atoms with E-state index in [1.807, 2.05) is 6.07 Å². The van der Waals surface area contributed by atoms with Gasteiger partial charge in [0.05, 0.1) is 4.92 Å². The van der Waals surface area contributed by atoms with Gasteiger partial charge in [-0.25, -0.2) is 0 Å². The van der Waals surface area contributed by atoms with E-state index in [1.54, 1.807) is 31.2 Å². The third-order valence-corrected chi connectivity index (χ3v) is 2.70. The molecule has 0 unspecified atom stereocenters. The molecule has 0 aliphatic carbocycles. The highest BCUT2D eigenvalue weighted by Gasteiger charge is 2.14. The number of carbonyl (C=O) groups excluding carboxylic acids is 1. The van der Waals surface area contributed by atoms with E-state index in [4.69, 9.17) is 0 Å². The van der Waals surface area contributed by atoms with Crippen molar-refractivity contribution in [2.24, 2.45) is 0 Å². The van der Waals surface area contributed by atoms with Crippen molar-refractivity contribution in [1.82, 2.24) is 0 Å². The van der Waals surface area contributed by atoms with Crippen LogP contribution in [-0.4, -0.2) is 10.7 Å². The summed E-state index contributed by atoms with van der Waals surface area (Å²) in [4.78, 5) is 22.3. The van der Waals surface area contributed by atoms with Gasteiger partial charge in [-0.3, -0.25) is 14.9 Å². The molecule has 4 nitrogen and oxygen atoms in total. The summed E-state index contributed by atoms with van der Waals surface area (Å²) in [6, 6.07) is 13.1. The molecule has 0 atom stereocenters. The van der Waals surface area contributed by atoms with Gasteiger partial charge >= 0.3 is 0 Å². The first-order valence-electron chi connectivity index (χ1n) is 5.44. The molecule has 0 fully saturated rings. The van der Waals surface area contributed by atoms with Crippen LogP contribution < -0.4 is 0 Å². The van der Waals surface area contributed by atoms with Gasteiger partial charge in [0, 0.05) is 23.3 Å². The second kappa shape index (κ2) is 4.79. The summed E-state index contributed by atoms with van der Waals surface area (Å²) in [5.74, 6) is -0.122. The Labute approximate surface area is 104 Å². The standard InChI is InChI=1S/C14H11NO3/c1-10-9-12(15(17)18)7-8-13(10)14(16)11-5-3-2-4-6-11/h2-9H,1H3. The summed E-state index contributed by atoms with van der Waals surface area (Å²) >= 11 is 0. The van der Waals surface area contributed by atoms with Crippen molar-refractivity contribution in [2.45, 2.75) is 6.92 Å². The Hall–Kier alpha value is -2.49. The number of nitrogens with zero attached hydrogens (tertiary/aromatic N) is 1. The molecular weight excluding hydrogens is 230 g/mol. The van der Waals surface area contributed by atoms with Crippen molar-refractivity contribution in [3.63, 3.8) is 0 Å². The van der Waals surface area contributed by atoms with Crippen LogP contribution >= 0.6 is 0 Å². The second-order valence-corrected chi connectivity index (χ2v) is 3.95. The largest absolute Gasteiger partial charge is 0.289 e. The van der Waals surface area contributed by atoms with E-state index in [1.165, 1.54) is 18.2 Å². The molecule has 18 heavy (non-hydrogen) atoms. The summed E-state index contributed by atoms with van der Waals surface area (Å²) in [5.41, 5.74) is 1.68. The van der Waals surface area contributed by atoms with E-state index in [2.05, 4.69) is 0 Å². The fraction of sp³-hybridized carbons (Fsp3) is 0.0714. The number of non-ortho nitro benzene ring substituents is 1. The highest BCUT2D eigenvalue weighted by molar-refractivity contribution is 6.09. The maximum atomic E-state index is 12.2. The third kappa shape index (κ3) is 2.27. The normalized spacial score (nSPS) is 10.1. The molecule has 0 aliphatic rings. The van der Waals surface area contributed by atoms with E-state index < -0.39 is 4.92 Å². The molecule has 90 valence electrons. The zero-order valence-electron chi connectivity index (χ0n) is 9.79. The first-order valence-corrected chi connectivity index (χ1v) is 5.44. The Kier molecular flexibility index (Phi) is 3.19. The van der Waals surface area contributed by atoms with Gasteiger partial charge in [-0.05, 0) is 18.6 Å². The highest BCUT2D eigenvalue weighted by atomic mass is 16.6. The second-order valence-electron chi connectivity index (χ2n) is 3.95. The predicted molar refractivity (Wildman–Crippen MR) is 67.7 cm³/mol. The Morgan fingerprint density at radius 2 is 1.78 bits per heavy atom. The minimum Gasteiger partial charge on any atom is -0.289 e. The zero-order valence-corrected chi connectivity index (χ0v) is 9.79. The molecule has 0 bridgehead atoms. The molecule has 2 aromatic rings. The third-order valence-electron chi connectivity index (χ3n) is 2.70. The van der Waals surface area contributed by atoms with Crippen LogP contribution in [0.15, 0.2) is 48.5 Å². The van der Waals surface area contributed by atoms with E-state index in [-0.39, 0.29) is 11.5 Å². The van der Waals surface area contributed by atoms with Crippen LogP contribution in [0.25, 0.3) is 0 Å². The lowest BCUT2D eigenvalue weighted by atomic mass is 9.99. The highest BCUT2D eigenvalue weighted by Crippen LogP contribution is 2.19. The smallest absolute Gasteiger partial charge is 0.269 e. The van der Waals surface area contributed by atoms with E-state index in [0.29, 0.717) is 16.7 Å². The van der Waals surface area contributed by atoms with Crippen molar-refractivity contribution in [3.05, 3.63) is 75.3 Å². The average Bonchev–Trinajstić information content (AvgIpc) is 2.38. The van der Waals surface area contributed by atoms with Crippen molar-refractivity contribution < 1.29 is 9.72 Å². The van der Waals surface area contributed by atoms with Crippen molar-refractivity contribution in [1.29, 1.82) is 0 Å². The summed E-state index contributed by atoms with van der Waals surface area (Å²) in [7, 11) is 0. The molecule has 0 aliphatic heterocycles. The summed E-state index contributed by atoms with van der Waals surface area (Å²) in [5, 5.41) is 10.6. The van der Waals surface area contributed by atoms with Gasteiger partial charge in [-0.2, -0.15) is 0 Å². The van der Waals surface area contributed by atoms with Gasteiger partial charge in [0.1, 0.15) is 0 Å². The maximum Gasteiger partial charge on any atom is 0.269 e. The van der Waals surface area contributed by atoms with Crippen molar-refractivity contribution in [3.8, 4) is 0 Å². The van der Waals surface area contributed by atoms with Crippen LogP contribution in [0.5, 0.6) is 0 Å². The molecule has 0 amide bonds. The summed E-state index contributed by atoms with van der Waals surface area (Å²) in [6.45, 7) is 1.70. The quantitative estimate of drug-likeness (QED) is 0.471. The number of hydrogen-bond donors (Lipinski definition) is 0. The topological polar surface area (TPSA) is 60.2 Å². The van der Waals surface area contributed by atoms with Crippen LogP contribution in [-0.2, 0) is 0 Å². The molecule has 2 aromatic carbocycles. The molecule has 0 spiro atoms. The molecular formula is C14H11NO3. The maximum absolute atomic E-state index is 12.2. The van der Waals surface area contributed by atoms with Crippen LogP contribution in [0.4, 0.5) is 5.69 Å². The van der Waals surface area contributed by atoms with Gasteiger partial charge in [-0.1, -0.05) is 30.3 Å². The number of ketones is 1. The lowest BCUT2D eigenvalue weighted by Crippen LogP contribution is -2.04. The number of carbonyl (C=O) groups is 1. The molecule has 0 N–H and O–H groups in total. The molecule has 0 saturated heterocycles. The number of aryl methyl sites for hydroxylation is 1. The minimum atomic E-state index is -0.468. The van der Waals surface area contributed by atoms with E-state index in [9.17, 15) is 14.9 Å². The van der Waals surface area contributed by atoms with Crippen molar-refractivity contribution >= 4 is 11.5 Å². The monoisotopic (exact) mass is 241 g/mol. The fourth-order valence-corrected chi connectivity index (χ4v) is 1.76. The van der Waals surface area contributed by atoms with Crippen LogP contribution in [0.2, 0.25) is 0 Å². The molecule has 0 heterocycles. The number of nitro groups is 1. The van der Waals surface area contributed by atoms with E-state index in [0.717, 1.165) is 0 Å². The Bertz CT molecular complexity index is 606. The first kappa shape index (κ1) is 12.0. The fourth-order valence-electron chi connectivity index (χ4n) is 1.76. The predicted octanol–water partition coefficient (Wildman–Crippen LogP) is 3.13. The molecule has 4 heteroatoms. The van der Waals surface area contributed by atoms with Crippen LogP contribution in [0.1, 0.15) is 21.5 Å². The van der Waals surface area contributed by atoms with Gasteiger partial charge < -0.3 is 0 Å². The summed E-state index contributed by atoms with van der Waals surface area (Å²) < 4.78 is 0. The minimum absolute atomic E-state index is 0.00267. The van der Waals surface area contributed by atoms with Crippen LogP contribution in [0.3, 0.4) is 0 Å². The first-order chi connectivity index (χ1) is 8.59. The van der Waals surface area contributed by atoms with Gasteiger partial charge in [-0.15, -0.1) is 0 Å².